The molecule has 0 bridgehead atoms. The molecule has 2 rings (SSSR count). The molecule has 0 radical (unpaired) electrons. The Morgan fingerprint density at radius 3 is 2.81 bits per heavy atom. The van der Waals surface area contributed by atoms with Gasteiger partial charge in [0.05, 0.1) is 10.5 Å². The van der Waals surface area contributed by atoms with Crippen molar-refractivity contribution in [3.63, 3.8) is 0 Å². The number of hydrogen-bond donors (Lipinski definition) is 1. The van der Waals surface area contributed by atoms with Gasteiger partial charge >= 0.3 is 0 Å². The van der Waals surface area contributed by atoms with Crippen molar-refractivity contribution < 1.29 is 9.90 Å². The zero-order valence-corrected chi connectivity index (χ0v) is 12.8. The number of carbonyl (C=O) groups is 1. The Morgan fingerprint density at radius 2 is 2.05 bits per heavy atom. The van der Waals surface area contributed by atoms with Gasteiger partial charge in [-0.15, -0.1) is 0 Å². The molecule has 0 fully saturated rings. The number of aliphatic hydroxyl groups excluding tert-OH is 1. The van der Waals surface area contributed by atoms with E-state index in [1.807, 2.05) is 24.3 Å². The highest BCUT2D eigenvalue weighted by Crippen LogP contribution is 2.23. The third-order valence-electron chi connectivity index (χ3n) is 3.38. The lowest BCUT2D eigenvalue weighted by Crippen LogP contribution is -2.28. The Bertz CT molecular complexity index is 631. The summed E-state index contributed by atoms with van der Waals surface area (Å²) in [6.45, 7) is 0.838. The third kappa shape index (κ3) is 3.93. The lowest BCUT2D eigenvalue weighted by atomic mass is 10.2. The minimum atomic E-state index is -0.133. The number of rotatable bonds is 6. The highest BCUT2D eigenvalue weighted by molar-refractivity contribution is 6.35. The number of fused-ring (bicyclic) bond motifs is 1. The first-order valence-electron chi connectivity index (χ1n) is 7.05. The van der Waals surface area contributed by atoms with Gasteiger partial charge in [0.15, 0.2) is 0 Å². The van der Waals surface area contributed by atoms with Crippen LogP contribution in [0.1, 0.15) is 29.8 Å². The van der Waals surface area contributed by atoms with Crippen molar-refractivity contribution >= 4 is 28.4 Å². The molecule has 112 valence electrons. The van der Waals surface area contributed by atoms with E-state index in [0.29, 0.717) is 17.3 Å². The maximum absolute atomic E-state index is 12.4. The molecule has 0 aliphatic carbocycles. The summed E-state index contributed by atoms with van der Waals surface area (Å²) in [5.74, 6) is -0.133. The van der Waals surface area contributed by atoms with Crippen LogP contribution in [0.5, 0.6) is 0 Å². The fourth-order valence-electron chi connectivity index (χ4n) is 2.18. The third-order valence-corrected chi connectivity index (χ3v) is 3.70. The van der Waals surface area contributed by atoms with Crippen LogP contribution < -0.4 is 0 Å². The average molecular weight is 307 g/mol. The Hall–Kier alpha value is -1.65. The highest BCUT2D eigenvalue weighted by atomic mass is 35.5. The Morgan fingerprint density at radius 1 is 1.29 bits per heavy atom. The molecule has 0 saturated heterocycles. The van der Waals surface area contributed by atoms with Gasteiger partial charge in [0.1, 0.15) is 5.69 Å². The summed E-state index contributed by atoms with van der Waals surface area (Å²) >= 11 is 6.22. The van der Waals surface area contributed by atoms with Gasteiger partial charge in [-0.2, -0.15) is 0 Å². The first-order chi connectivity index (χ1) is 10.1. The normalized spacial score (nSPS) is 10.8. The topological polar surface area (TPSA) is 53.4 Å². The van der Waals surface area contributed by atoms with E-state index >= 15 is 0 Å². The molecule has 1 amide bonds. The molecule has 0 aliphatic rings. The van der Waals surface area contributed by atoms with Crippen molar-refractivity contribution in [2.24, 2.45) is 0 Å². The van der Waals surface area contributed by atoms with Gasteiger partial charge in [0.25, 0.3) is 5.91 Å². The second-order valence-electron chi connectivity index (χ2n) is 5.02. The number of halogens is 1. The molecular weight excluding hydrogens is 288 g/mol. The van der Waals surface area contributed by atoms with E-state index in [-0.39, 0.29) is 12.5 Å². The summed E-state index contributed by atoms with van der Waals surface area (Å²) in [4.78, 5) is 18.4. The van der Waals surface area contributed by atoms with E-state index in [9.17, 15) is 4.79 Å². The van der Waals surface area contributed by atoms with Gasteiger partial charge in [-0.3, -0.25) is 4.79 Å². The number of benzene rings is 1. The summed E-state index contributed by atoms with van der Waals surface area (Å²) in [5.41, 5.74) is 1.09. The summed E-state index contributed by atoms with van der Waals surface area (Å²) in [7, 11) is 1.76. The SMILES string of the molecule is CN(CCCCCO)C(=O)c1cc(Cl)c2ccccc2n1. The van der Waals surface area contributed by atoms with Gasteiger partial charge in [-0.1, -0.05) is 29.8 Å². The second-order valence-corrected chi connectivity index (χ2v) is 5.42. The maximum atomic E-state index is 12.4. The van der Waals surface area contributed by atoms with Crippen LogP contribution in [0.25, 0.3) is 10.9 Å². The number of unbranched alkanes of at least 4 members (excludes halogenated alkanes) is 2. The van der Waals surface area contributed by atoms with E-state index in [4.69, 9.17) is 16.7 Å². The zero-order chi connectivity index (χ0) is 15.2. The maximum Gasteiger partial charge on any atom is 0.272 e. The van der Waals surface area contributed by atoms with Crippen molar-refractivity contribution in [3.05, 3.63) is 41.0 Å². The van der Waals surface area contributed by atoms with Crippen molar-refractivity contribution in [2.45, 2.75) is 19.3 Å². The molecule has 1 heterocycles. The molecule has 0 aliphatic heterocycles. The highest BCUT2D eigenvalue weighted by Gasteiger charge is 2.15. The van der Waals surface area contributed by atoms with Crippen LogP contribution >= 0.6 is 11.6 Å². The molecule has 0 saturated carbocycles. The van der Waals surface area contributed by atoms with Crippen LogP contribution in [0, 0.1) is 0 Å². The first-order valence-corrected chi connectivity index (χ1v) is 7.43. The summed E-state index contributed by atoms with van der Waals surface area (Å²) in [6, 6.07) is 9.12. The average Bonchev–Trinajstić information content (AvgIpc) is 2.50. The molecule has 0 spiro atoms. The van der Waals surface area contributed by atoms with Crippen LogP contribution in [0.15, 0.2) is 30.3 Å². The Kier molecular flexibility index (Phi) is 5.53. The quantitative estimate of drug-likeness (QED) is 0.834. The second kappa shape index (κ2) is 7.38. The van der Waals surface area contributed by atoms with Crippen molar-refractivity contribution in [2.75, 3.05) is 20.2 Å². The fraction of sp³-hybridized carbons (Fsp3) is 0.375. The van der Waals surface area contributed by atoms with Crippen molar-refractivity contribution in [1.82, 2.24) is 9.88 Å². The smallest absolute Gasteiger partial charge is 0.272 e. The minimum absolute atomic E-state index is 0.133. The van der Waals surface area contributed by atoms with Crippen LogP contribution in [0.2, 0.25) is 5.02 Å². The van der Waals surface area contributed by atoms with Gasteiger partial charge in [-0.05, 0) is 31.4 Å². The molecule has 4 nitrogen and oxygen atoms in total. The Balaban J connectivity index is 2.12. The number of aliphatic hydroxyl groups is 1. The van der Waals surface area contributed by atoms with Crippen LogP contribution in [0.4, 0.5) is 0 Å². The lowest BCUT2D eigenvalue weighted by molar-refractivity contribution is 0.0787. The van der Waals surface area contributed by atoms with E-state index in [1.165, 1.54) is 0 Å². The molecule has 5 heteroatoms. The summed E-state index contributed by atoms with van der Waals surface area (Å²) < 4.78 is 0. The number of pyridine rings is 1. The van der Waals surface area contributed by atoms with Crippen LogP contribution in [0.3, 0.4) is 0 Å². The zero-order valence-electron chi connectivity index (χ0n) is 12.1. The predicted octanol–water partition coefficient (Wildman–Crippen LogP) is 3.12. The van der Waals surface area contributed by atoms with E-state index in [1.54, 1.807) is 18.0 Å². The Labute approximate surface area is 129 Å². The number of hydrogen-bond acceptors (Lipinski definition) is 3. The molecular formula is C16H19ClN2O2. The molecule has 1 aromatic carbocycles. The predicted molar refractivity (Wildman–Crippen MR) is 84.7 cm³/mol. The standard InChI is InChI=1S/C16H19ClN2O2/c1-19(9-5-2-6-10-20)16(21)15-11-13(17)12-7-3-4-8-14(12)18-15/h3-4,7-8,11,20H,2,5-6,9-10H2,1H3. The van der Waals surface area contributed by atoms with Crippen molar-refractivity contribution in [1.29, 1.82) is 0 Å². The van der Waals surface area contributed by atoms with E-state index in [2.05, 4.69) is 4.98 Å². The molecule has 21 heavy (non-hydrogen) atoms. The number of amides is 1. The summed E-state index contributed by atoms with van der Waals surface area (Å²) in [5, 5.41) is 10.1. The van der Waals surface area contributed by atoms with Gasteiger partial charge in [-0.25, -0.2) is 4.98 Å². The number of para-hydroxylation sites is 1. The van der Waals surface area contributed by atoms with Gasteiger partial charge in [0.2, 0.25) is 0 Å². The minimum Gasteiger partial charge on any atom is -0.396 e. The van der Waals surface area contributed by atoms with Gasteiger partial charge in [0, 0.05) is 25.6 Å². The molecule has 0 unspecified atom stereocenters. The monoisotopic (exact) mass is 306 g/mol. The summed E-state index contributed by atoms with van der Waals surface area (Å²) in [6.07, 6.45) is 2.53. The first kappa shape index (κ1) is 15.7. The van der Waals surface area contributed by atoms with E-state index < -0.39 is 0 Å². The van der Waals surface area contributed by atoms with Crippen LogP contribution in [-0.4, -0.2) is 41.1 Å². The largest absolute Gasteiger partial charge is 0.396 e. The van der Waals surface area contributed by atoms with Crippen molar-refractivity contribution in [3.8, 4) is 0 Å². The molecule has 1 aromatic heterocycles. The van der Waals surface area contributed by atoms with Gasteiger partial charge < -0.3 is 10.0 Å². The van der Waals surface area contributed by atoms with Crippen LogP contribution in [-0.2, 0) is 0 Å². The lowest BCUT2D eigenvalue weighted by Gasteiger charge is -2.17. The number of nitrogens with zero attached hydrogens (tertiary/aromatic N) is 2. The number of carbonyl (C=O) groups excluding carboxylic acids is 1. The number of aromatic nitrogens is 1. The molecule has 0 atom stereocenters. The van der Waals surface area contributed by atoms with E-state index in [0.717, 1.165) is 30.2 Å². The fourth-order valence-corrected chi connectivity index (χ4v) is 2.44. The molecule has 2 aromatic rings. The molecule has 1 N–H and O–H groups in total.